The fourth-order valence-corrected chi connectivity index (χ4v) is 5.41. The zero-order valence-electron chi connectivity index (χ0n) is 20.9. The molecule has 2 N–H and O–H groups in total. The monoisotopic (exact) mass is 512 g/mol. The van der Waals surface area contributed by atoms with Crippen LogP contribution >= 0.6 is 11.6 Å². The van der Waals surface area contributed by atoms with Crippen LogP contribution in [0.25, 0.3) is 0 Å². The van der Waals surface area contributed by atoms with Crippen LogP contribution in [0.3, 0.4) is 0 Å². The van der Waals surface area contributed by atoms with Gasteiger partial charge in [0, 0.05) is 22.9 Å². The summed E-state index contributed by atoms with van der Waals surface area (Å²) in [6, 6.07) is 11.8. The first-order valence-electron chi connectivity index (χ1n) is 12.9. The van der Waals surface area contributed by atoms with E-state index in [0.717, 1.165) is 44.9 Å². The minimum Gasteiger partial charge on any atom is -0.489 e. The Bertz CT molecular complexity index is 1130. The quantitative estimate of drug-likeness (QED) is 0.384. The van der Waals surface area contributed by atoms with Crippen molar-refractivity contribution in [3.63, 3.8) is 0 Å². The van der Waals surface area contributed by atoms with Crippen LogP contribution in [-0.4, -0.2) is 17.9 Å². The predicted octanol–water partition coefficient (Wildman–Crippen LogP) is 7.52. The third kappa shape index (κ3) is 6.09. The molecule has 4 rings (SSSR count). The van der Waals surface area contributed by atoms with Gasteiger partial charge in [-0.25, -0.2) is 4.39 Å². The number of para-hydroxylation sites is 1. The standard InChI is InChI=1S/C29H34ClFN2O3/c1-3-18(2)21-14-9-15-22(27(21)29(35)32-19-10-5-4-6-11-19)28(34)33-25-17-26(23(30)16-24(25)31)36-20-12-7-8-13-20/h4-6,10-11,16-18,20-21H,3,7-9,12-15H2,1-2H3,(H,32,35)(H,33,34). The molecule has 36 heavy (non-hydrogen) atoms. The molecule has 1 saturated carbocycles. The molecule has 7 heteroatoms. The molecule has 2 atom stereocenters. The van der Waals surface area contributed by atoms with Crippen LogP contribution in [-0.2, 0) is 9.59 Å². The van der Waals surface area contributed by atoms with Crippen LogP contribution in [0.2, 0.25) is 5.02 Å². The van der Waals surface area contributed by atoms with E-state index in [4.69, 9.17) is 16.3 Å². The fourth-order valence-electron chi connectivity index (χ4n) is 5.22. The number of benzene rings is 2. The van der Waals surface area contributed by atoms with E-state index in [2.05, 4.69) is 24.5 Å². The lowest BCUT2D eigenvalue weighted by Crippen LogP contribution is -2.32. The summed E-state index contributed by atoms with van der Waals surface area (Å²) in [6.45, 7) is 4.19. The first kappa shape index (κ1) is 26.2. The minimum absolute atomic E-state index is 0.00150. The molecular formula is C29H34ClFN2O3. The first-order valence-corrected chi connectivity index (χ1v) is 13.3. The molecule has 2 amide bonds. The van der Waals surface area contributed by atoms with E-state index in [1.54, 1.807) is 0 Å². The second-order valence-electron chi connectivity index (χ2n) is 9.84. The van der Waals surface area contributed by atoms with E-state index in [9.17, 15) is 14.0 Å². The van der Waals surface area contributed by atoms with Gasteiger partial charge in [0.25, 0.3) is 11.8 Å². The van der Waals surface area contributed by atoms with E-state index >= 15 is 0 Å². The van der Waals surface area contributed by atoms with Gasteiger partial charge in [0.15, 0.2) is 0 Å². The largest absolute Gasteiger partial charge is 0.489 e. The van der Waals surface area contributed by atoms with Crippen molar-refractivity contribution < 1.29 is 18.7 Å². The zero-order chi connectivity index (χ0) is 25.7. The zero-order valence-corrected chi connectivity index (χ0v) is 21.7. The molecule has 5 nitrogen and oxygen atoms in total. The second kappa shape index (κ2) is 11.9. The van der Waals surface area contributed by atoms with E-state index in [1.807, 2.05) is 30.3 Å². The van der Waals surface area contributed by atoms with Crippen molar-refractivity contribution in [1.29, 1.82) is 0 Å². The van der Waals surface area contributed by atoms with E-state index < -0.39 is 11.7 Å². The summed E-state index contributed by atoms with van der Waals surface area (Å²) in [7, 11) is 0. The highest BCUT2D eigenvalue weighted by Gasteiger charge is 2.34. The summed E-state index contributed by atoms with van der Waals surface area (Å²) < 4.78 is 20.8. The maximum Gasteiger partial charge on any atom is 0.252 e. The van der Waals surface area contributed by atoms with Crippen LogP contribution in [0.4, 0.5) is 15.8 Å². The lowest BCUT2D eigenvalue weighted by Gasteiger charge is -2.31. The van der Waals surface area contributed by atoms with Crippen molar-refractivity contribution in [2.75, 3.05) is 10.6 Å². The number of anilines is 2. The second-order valence-corrected chi connectivity index (χ2v) is 10.2. The topological polar surface area (TPSA) is 67.4 Å². The van der Waals surface area contributed by atoms with Gasteiger partial charge in [-0.05, 0) is 75.0 Å². The number of hydrogen-bond acceptors (Lipinski definition) is 3. The van der Waals surface area contributed by atoms with Gasteiger partial charge in [0.05, 0.1) is 16.8 Å². The molecule has 2 aromatic rings. The predicted molar refractivity (Wildman–Crippen MR) is 142 cm³/mol. The average molecular weight is 513 g/mol. The lowest BCUT2D eigenvalue weighted by molar-refractivity contribution is -0.116. The fraction of sp³-hybridized carbons (Fsp3) is 0.448. The first-order chi connectivity index (χ1) is 17.4. The lowest BCUT2D eigenvalue weighted by atomic mass is 9.74. The van der Waals surface area contributed by atoms with Gasteiger partial charge in [-0.3, -0.25) is 9.59 Å². The molecule has 2 aliphatic carbocycles. The van der Waals surface area contributed by atoms with E-state index in [-0.39, 0.29) is 34.6 Å². The Morgan fingerprint density at radius 1 is 1.06 bits per heavy atom. The SMILES string of the molecule is CCC(C)C1CCCC(C(=O)Nc2cc(OC3CCCC3)c(Cl)cc2F)=C1C(=O)Nc1ccccc1. The highest BCUT2D eigenvalue weighted by molar-refractivity contribution is 6.32. The van der Waals surface area contributed by atoms with Crippen molar-refractivity contribution in [3.8, 4) is 5.75 Å². The third-order valence-corrected chi connectivity index (χ3v) is 7.68. The molecule has 2 unspecified atom stereocenters. The number of halogens is 2. The number of nitrogens with one attached hydrogen (secondary N) is 2. The maximum atomic E-state index is 14.8. The van der Waals surface area contributed by atoms with Crippen LogP contribution < -0.4 is 15.4 Å². The van der Waals surface area contributed by atoms with Gasteiger partial charge in [-0.2, -0.15) is 0 Å². The normalized spacial score (nSPS) is 19.2. The van der Waals surface area contributed by atoms with Gasteiger partial charge in [0.1, 0.15) is 11.6 Å². The molecule has 2 aliphatic rings. The van der Waals surface area contributed by atoms with Crippen LogP contribution in [0, 0.1) is 17.7 Å². The van der Waals surface area contributed by atoms with Crippen LogP contribution in [0.15, 0.2) is 53.6 Å². The summed E-state index contributed by atoms with van der Waals surface area (Å²) in [5.41, 5.74) is 1.57. The van der Waals surface area contributed by atoms with Gasteiger partial charge in [0.2, 0.25) is 0 Å². The average Bonchev–Trinajstić information content (AvgIpc) is 3.39. The number of carbonyl (C=O) groups is 2. The molecule has 0 aromatic heterocycles. The molecule has 0 spiro atoms. The molecule has 0 radical (unpaired) electrons. The van der Waals surface area contributed by atoms with Gasteiger partial charge < -0.3 is 15.4 Å². The smallest absolute Gasteiger partial charge is 0.252 e. The number of carbonyl (C=O) groups excluding carboxylic acids is 2. The Kier molecular flexibility index (Phi) is 8.68. The van der Waals surface area contributed by atoms with Crippen LogP contribution in [0.5, 0.6) is 5.75 Å². The summed E-state index contributed by atoms with van der Waals surface area (Å²) >= 11 is 6.24. The van der Waals surface area contributed by atoms with Crippen molar-refractivity contribution in [3.05, 3.63) is 64.5 Å². The van der Waals surface area contributed by atoms with E-state index in [1.165, 1.54) is 12.1 Å². The molecule has 192 valence electrons. The van der Waals surface area contributed by atoms with Crippen molar-refractivity contribution in [1.82, 2.24) is 0 Å². The number of ether oxygens (including phenoxy) is 1. The molecule has 0 saturated heterocycles. The Morgan fingerprint density at radius 3 is 2.47 bits per heavy atom. The van der Waals surface area contributed by atoms with Gasteiger partial charge >= 0.3 is 0 Å². The van der Waals surface area contributed by atoms with Crippen molar-refractivity contribution >= 4 is 34.8 Å². The van der Waals surface area contributed by atoms with Crippen molar-refractivity contribution in [2.24, 2.45) is 11.8 Å². The highest BCUT2D eigenvalue weighted by atomic mass is 35.5. The Morgan fingerprint density at radius 2 is 1.78 bits per heavy atom. The number of amides is 2. The number of rotatable bonds is 8. The molecule has 0 aliphatic heterocycles. The molecule has 1 fully saturated rings. The molecule has 0 heterocycles. The third-order valence-electron chi connectivity index (χ3n) is 7.38. The summed E-state index contributed by atoms with van der Waals surface area (Å²) in [5, 5.41) is 5.83. The molecule has 0 bridgehead atoms. The van der Waals surface area contributed by atoms with E-state index in [0.29, 0.717) is 29.0 Å². The minimum atomic E-state index is -0.641. The Hall–Kier alpha value is -2.86. The molecule has 2 aromatic carbocycles. The summed E-state index contributed by atoms with van der Waals surface area (Å²) in [4.78, 5) is 27.0. The highest BCUT2D eigenvalue weighted by Crippen LogP contribution is 2.39. The van der Waals surface area contributed by atoms with Gasteiger partial charge in [-0.15, -0.1) is 0 Å². The summed E-state index contributed by atoms with van der Waals surface area (Å²) in [5.74, 6) is -0.852. The number of hydrogen-bond donors (Lipinski definition) is 2. The Balaban J connectivity index is 1.63. The van der Waals surface area contributed by atoms with Crippen LogP contribution in [0.1, 0.15) is 65.2 Å². The molecular weight excluding hydrogens is 479 g/mol. The maximum absolute atomic E-state index is 14.8. The van der Waals surface area contributed by atoms with Crippen molar-refractivity contribution in [2.45, 2.75) is 71.3 Å². The summed E-state index contributed by atoms with van der Waals surface area (Å²) in [6.07, 6.45) is 7.04. The Labute approximate surface area is 217 Å². The van der Waals surface area contributed by atoms with Gasteiger partial charge in [-0.1, -0.05) is 50.1 Å².